The van der Waals surface area contributed by atoms with Crippen molar-refractivity contribution < 1.29 is 9.69 Å². The van der Waals surface area contributed by atoms with E-state index in [0.29, 0.717) is 22.8 Å². The van der Waals surface area contributed by atoms with Crippen LogP contribution in [0.1, 0.15) is 12.7 Å². The van der Waals surface area contributed by atoms with Crippen LogP contribution in [-0.2, 0) is 11.3 Å². The highest BCUT2D eigenvalue weighted by atomic mass is 35.5. The Labute approximate surface area is 165 Å². The van der Waals surface area contributed by atoms with E-state index in [-0.39, 0.29) is 11.5 Å². The van der Waals surface area contributed by atoms with Crippen molar-refractivity contribution in [2.45, 2.75) is 13.5 Å². The van der Waals surface area contributed by atoms with Crippen molar-refractivity contribution >= 4 is 39.1 Å². The van der Waals surface area contributed by atoms with Gasteiger partial charge in [-0.1, -0.05) is 29.8 Å². The SMILES string of the molecule is CC(=O)N1CC[NH+](Cc2nc3scc(-c4ccccc4Cl)c3c(=O)[nH]2)CC1. The summed E-state index contributed by atoms with van der Waals surface area (Å²) < 4.78 is 0. The maximum absolute atomic E-state index is 12.8. The van der Waals surface area contributed by atoms with Crippen molar-refractivity contribution in [2.75, 3.05) is 26.2 Å². The Morgan fingerprint density at radius 2 is 2.04 bits per heavy atom. The summed E-state index contributed by atoms with van der Waals surface area (Å²) in [4.78, 5) is 35.7. The molecule has 0 unspecified atom stereocenters. The number of piperazine rings is 1. The largest absolute Gasteiger partial charge is 0.332 e. The van der Waals surface area contributed by atoms with E-state index in [9.17, 15) is 9.59 Å². The van der Waals surface area contributed by atoms with Crippen molar-refractivity contribution in [1.82, 2.24) is 14.9 Å². The van der Waals surface area contributed by atoms with E-state index in [2.05, 4.69) is 9.97 Å². The van der Waals surface area contributed by atoms with Gasteiger partial charge in [0.1, 0.15) is 11.4 Å². The molecule has 1 aromatic carbocycles. The average molecular weight is 404 g/mol. The number of thiophene rings is 1. The van der Waals surface area contributed by atoms with E-state index >= 15 is 0 Å². The number of hydrogen-bond donors (Lipinski definition) is 2. The van der Waals surface area contributed by atoms with Crippen LogP contribution in [0.15, 0.2) is 34.4 Å². The second-order valence-electron chi connectivity index (χ2n) is 6.75. The van der Waals surface area contributed by atoms with E-state index in [1.807, 2.05) is 34.5 Å². The van der Waals surface area contributed by atoms with Crippen molar-refractivity contribution in [1.29, 1.82) is 0 Å². The molecule has 3 aromatic rings. The topological polar surface area (TPSA) is 70.5 Å². The first-order chi connectivity index (χ1) is 13.0. The van der Waals surface area contributed by atoms with Gasteiger partial charge in [-0.05, 0) is 6.07 Å². The number of nitrogens with zero attached hydrogens (tertiary/aromatic N) is 2. The summed E-state index contributed by atoms with van der Waals surface area (Å²) in [5.74, 6) is 0.805. The molecule has 1 saturated heterocycles. The van der Waals surface area contributed by atoms with Crippen molar-refractivity contribution in [3.8, 4) is 11.1 Å². The molecule has 6 nitrogen and oxygen atoms in total. The van der Waals surface area contributed by atoms with Crippen LogP contribution in [0.5, 0.6) is 0 Å². The van der Waals surface area contributed by atoms with E-state index < -0.39 is 0 Å². The third-order valence-electron chi connectivity index (χ3n) is 4.99. The number of quaternary nitrogens is 1. The minimum atomic E-state index is -0.132. The lowest BCUT2D eigenvalue weighted by Crippen LogP contribution is -3.13. The Morgan fingerprint density at radius 1 is 1.30 bits per heavy atom. The zero-order valence-corrected chi connectivity index (χ0v) is 16.5. The van der Waals surface area contributed by atoms with Gasteiger partial charge in [0.05, 0.1) is 31.6 Å². The molecule has 4 rings (SSSR count). The van der Waals surface area contributed by atoms with Gasteiger partial charge in [-0.15, -0.1) is 11.3 Å². The molecule has 1 fully saturated rings. The molecule has 2 N–H and O–H groups in total. The van der Waals surface area contributed by atoms with Gasteiger partial charge < -0.3 is 14.8 Å². The highest BCUT2D eigenvalue weighted by molar-refractivity contribution is 7.17. The fraction of sp³-hybridized carbons (Fsp3) is 0.316. The Hall–Kier alpha value is -2.22. The van der Waals surface area contributed by atoms with Crippen LogP contribution in [-0.4, -0.2) is 47.0 Å². The zero-order valence-electron chi connectivity index (χ0n) is 14.9. The number of amides is 1. The lowest BCUT2D eigenvalue weighted by Gasteiger charge is -2.31. The lowest BCUT2D eigenvalue weighted by molar-refractivity contribution is -0.918. The Morgan fingerprint density at radius 3 is 2.74 bits per heavy atom. The first-order valence-corrected chi connectivity index (χ1v) is 10.1. The standard InChI is InChI=1S/C19H19ClN4O2S/c1-12(25)24-8-6-23(7-9-24)10-16-21-18(26)17-14(11-27-19(17)22-16)13-4-2-3-5-15(13)20/h2-5,11H,6-10H2,1H3,(H,21,22,26)/p+1. The van der Waals surface area contributed by atoms with Crippen LogP contribution >= 0.6 is 22.9 Å². The number of aromatic amines is 1. The summed E-state index contributed by atoms with van der Waals surface area (Å²) in [6, 6.07) is 7.51. The third-order valence-corrected chi connectivity index (χ3v) is 6.19. The smallest absolute Gasteiger partial charge is 0.260 e. The number of fused-ring (bicyclic) bond motifs is 1. The Balaban J connectivity index is 1.60. The number of carbonyl (C=O) groups is 1. The number of benzene rings is 1. The molecule has 0 spiro atoms. The fourth-order valence-electron chi connectivity index (χ4n) is 3.51. The molecular weight excluding hydrogens is 384 g/mol. The Kier molecular flexibility index (Phi) is 4.99. The highest BCUT2D eigenvalue weighted by Gasteiger charge is 2.23. The summed E-state index contributed by atoms with van der Waals surface area (Å²) >= 11 is 7.76. The number of hydrogen-bond acceptors (Lipinski definition) is 4. The lowest BCUT2D eigenvalue weighted by atomic mass is 10.1. The summed E-state index contributed by atoms with van der Waals surface area (Å²) in [5.41, 5.74) is 1.53. The molecule has 1 amide bonds. The van der Waals surface area contributed by atoms with E-state index in [4.69, 9.17) is 11.6 Å². The van der Waals surface area contributed by atoms with Crippen LogP contribution in [0.4, 0.5) is 0 Å². The van der Waals surface area contributed by atoms with Gasteiger partial charge >= 0.3 is 0 Å². The van der Waals surface area contributed by atoms with E-state index in [0.717, 1.165) is 42.1 Å². The van der Waals surface area contributed by atoms with Gasteiger partial charge in [-0.25, -0.2) is 4.98 Å². The normalized spacial score (nSPS) is 15.4. The number of carbonyl (C=O) groups excluding carboxylic acids is 1. The second kappa shape index (κ2) is 7.42. The molecular formula is C19H20ClN4O2S+. The third kappa shape index (κ3) is 3.63. The molecule has 2 aromatic heterocycles. The van der Waals surface area contributed by atoms with Crippen LogP contribution in [0.3, 0.4) is 0 Å². The van der Waals surface area contributed by atoms with Gasteiger partial charge in [0.15, 0.2) is 5.82 Å². The zero-order chi connectivity index (χ0) is 19.0. The van der Waals surface area contributed by atoms with E-state index in [1.165, 1.54) is 16.2 Å². The highest BCUT2D eigenvalue weighted by Crippen LogP contribution is 2.34. The molecule has 0 bridgehead atoms. The molecule has 0 saturated carbocycles. The molecule has 140 valence electrons. The van der Waals surface area contributed by atoms with Gasteiger partial charge in [0.25, 0.3) is 5.56 Å². The maximum atomic E-state index is 12.8. The number of aromatic nitrogens is 2. The molecule has 27 heavy (non-hydrogen) atoms. The molecule has 0 radical (unpaired) electrons. The van der Waals surface area contributed by atoms with Crippen LogP contribution < -0.4 is 10.5 Å². The summed E-state index contributed by atoms with van der Waals surface area (Å²) in [6.07, 6.45) is 0. The second-order valence-corrected chi connectivity index (χ2v) is 8.02. The van der Waals surface area contributed by atoms with Crippen molar-refractivity contribution in [2.24, 2.45) is 0 Å². The molecule has 0 aliphatic carbocycles. The Bertz CT molecular complexity index is 1050. The molecule has 1 aliphatic heterocycles. The van der Waals surface area contributed by atoms with Gasteiger partial charge in [-0.3, -0.25) is 9.59 Å². The fourth-order valence-corrected chi connectivity index (χ4v) is 4.70. The van der Waals surface area contributed by atoms with Crippen LogP contribution in [0, 0.1) is 0 Å². The molecule has 8 heteroatoms. The summed E-state index contributed by atoms with van der Waals surface area (Å²) in [6.45, 7) is 5.45. The van der Waals surface area contributed by atoms with Crippen molar-refractivity contribution in [3.63, 3.8) is 0 Å². The number of nitrogens with one attached hydrogen (secondary N) is 2. The van der Waals surface area contributed by atoms with E-state index in [1.54, 1.807) is 6.92 Å². The predicted molar refractivity (Wildman–Crippen MR) is 107 cm³/mol. The predicted octanol–water partition coefficient (Wildman–Crippen LogP) is 1.55. The number of rotatable bonds is 3. The minimum Gasteiger partial charge on any atom is -0.332 e. The monoisotopic (exact) mass is 403 g/mol. The number of H-pyrrole nitrogens is 1. The molecule has 3 heterocycles. The van der Waals surface area contributed by atoms with Gasteiger partial charge in [0.2, 0.25) is 5.91 Å². The van der Waals surface area contributed by atoms with Crippen molar-refractivity contribution in [3.05, 3.63) is 50.8 Å². The quantitative estimate of drug-likeness (QED) is 0.697. The average Bonchev–Trinajstić information content (AvgIpc) is 3.07. The van der Waals surface area contributed by atoms with Crippen LogP contribution in [0.25, 0.3) is 21.3 Å². The van der Waals surface area contributed by atoms with Gasteiger partial charge in [-0.2, -0.15) is 0 Å². The maximum Gasteiger partial charge on any atom is 0.260 e. The molecule has 1 aliphatic rings. The van der Waals surface area contributed by atoms with Gasteiger partial charge in [0, 0.05) is 28.5 Å². The van der Waals surface area contributed by atoms with Crippen LogP contribution in [0.2, 0.25) is 5.02 Å². The first-order valence-electron chi connectivity index (χ1n) is 8.87. The molecule has 0 atom stereocenters. The minimum absolute atomic E-state index is 0.118. The number of halogens is 1. The summed E-state index contributed by atoms with van der Waals surface area (Å²) in [5, 5.41) is 3.15. The summed E-state index contributed by atoms with van der Waals surface area (Å²) in [7, 11) is 0. The first kappa shape index (κ1) is 18.2.